The summed E-state index contributed by atoms with van der Waals surface area (Å²) in [6.07, 6.45) is 6.66. The van der Waals surface area contributed by atoms with Crippen LogP contribution in [0.15, 0.2) is 28.8 Å². The van der Waals surface area contributed by atoms with E-state index in [-0.39, 0.29) is 29.5 Å². The molecule has 3 rings (SSSR count). The van der Waals surface area contributed by atoms with Crippen molar-refractivity contribution in [3.8, 4) is 0 Å². The Morgan fingerprint density at radius 2 is 2.03 bits per heavy atom. The van der Waals surface area contributed by atoms with Gasteiger partial charge in [-0.1, -0.05) is 19.4 Å². The van der Waals surface area contributed by atoms with Gasteiger partial charge in [0.1, 0.15) is 12.2 Å². The molecule has 2 N–H and O–H groups in total. The summed E-state index contributed by atoms with van der Waals surface area (Å²) >= 11 is 1.75. The molecule has 1 saturated heterocycles. The average molecular weight is 546 g/mol. The Bertz CT molecular complexity index is 751. The number of hydrogen-bond donors (Lipinski definition) is 2. The Labute approximate surface area is 201 Å². The largest absolute Gasteiger partial charge is 0.355 e. The van der Waals surface area contributed by atoms with Crippen LogP contribution in [0.2, 0.25) is 0 Å². The number of aliphatic imine (C=N–C) groups is 1. The fraction of sp³-hybridized carbons (Fsp3) is 0.667. The van der Waals surface area contributed by atoms with Gasteiger partial charge in [-0.3, -0.25) is 4.90 Å². The minimum absolute atomic E-state index is 0. The molecule has 0 aromatic carbocycles. The number of hydrogen-bond acceptors (Lipinski definition) is 5. The average Bonchev–Trinajstić information content (AvgIpc) is 3.42. The molecule has 0 saturated carbocycles. The number of nitrogens with zero attached hydrogens (tertiary/aromatic N) is 5. The predicted molar refractivity (Wildman–Crippen MR) is 136 cm³/mol. The monoisotopic (exact) mass is 545 g/mol. The van der Waals surface area contributed by atoms with Crippen molar-refractivity contribution in [2.75, 3.05) is 26.2 Å². The van der Waals surface area contributed by atoms with Gasteiger partial charge < -0.3 is 15.2 Å². The molecule has 0 aliphatic carbocycles. The first-order valence-electron chi connectivity index (χ1n) is 10.7. The van der Waals surface area contributed by atoms with Crippen molar-refractivity contribution in [1.29, 1.82) is 0 Å². The standard InChI is InChI=1S/C21H35N7S.HI/c1-4-19-26-25-17-27(19)13-10-22-20(23-15-18-9-8-14-29-18)24-16-21(2,3)28-11-6-5-7-12-28;/h8-9,14,17H,4-7,10-13,15-16H2,1-3H3,(H2,22,23,24);1H. The number of halogens is 1. The summed E-state index contributed by atoms with van der Waals surface area (Å²) in [5, 5.41) is 17.4. The Kier molecular flexibility index (Phi) is 10.5. The predicted octanol–water partition coefficient (Wildman–Crippen LogP) is 3.52. The van der Waals surface area contributed by atoms with E-state index in [0.717, 1.165) is 37.8 Å². The topological polar surface area (TPSA) is 70.4 Å². The summed E-state index contributed by atoms with van der Waals surface area (Å²) in [5.41, 5.74) is 0.107. The second-order valence-corrected chi connectivity index (χ2v) is 9.21. The number of likely N-dealkylation sites (tertiary alicyclic amines) is 1. The number of aromatic nitrogens is 3. The molecule has 0 radical (unpaired) electrons. The summed E-state index contributed by atoms with van der Waals surface area (Å²) < 4.78 is 2.10. The summed E-state index contributed by atoms with van der Waals surface area (Å²) in [5.74, 6) is 1.89. The lowest BCUT2D eigenvalue weighted by Crippen LogP contribution is -2.55. The molecule has 7 nitrogen and oxygen atoms in total. The maximum absolute atomic E-state index is 4.82. The summed E-state index contributed by atoms with van der Waals surface area (Å²) in [6.45, 7) is 12.3. The van der Waals surface area contributed by atoms with Crippen LogP contribution < -0.4 is 10.6 Å². The molecule has 1 aliphatic heterocycles. The van der Waals surface area contributed by atoms with E-state index in [0.29, 0.717) is 6.54 Å². The van der Waals surface area contributed by atoms with Gasteiger partial charge in [0, 0.05) is 36.5 Å². The highest BCUT2D eigenvalue weighted by Crippen LogP contribution is 2.19. The number of thiophene rings is 1. The van der Waals surface area contributed by atoms with Crippen LogP contribution in [0.3, 0.4) is 0 Å². The summed E-state index contributed by atoms with van der Waals surface area (Å²) in [4.78, 5) is 8.70. The van der Waals surface area contributed by atoms with Crippen LogP contribution in [0.4, 0.5) is 0 Å². The first kappa shape index (κ1) is 25.1. The second kappa shape index (κ2) is 12.6. The lowest BCUT2D eigenvalue weighted by atomic mass is 9.98. The van der Waals surface area contributed by atoms with Gasteiger partial charge in [0.2, 0.25) is 0 Å². The molecule has 0 atom stereocenters. The van der Waals surface area contributed by atoms with E-state index in [9.17, 15) is 0 Å². The van der Waals surface area contributed by atoms with Crippen molar-refractivity contribution < 1.29 is 0 Å². The van der Waals surface area contributed by atoms with Crippen LogP contribution in [-0.4, -0.2) is 57.3 Å². The van der Waals surface area contributed by atoms with Gasteiger partial charge in [-0.05, 0) is 51.2 Å². The second-order valence-electron chi connectivity index (χ2n) is 8.18. The number of aryl methyl sites for hydroxylation is 1. The van der Waals surface area contributed by atoms with Crippen LogP contribution in [-0.2, 0) is 19.5 Å². The SMILES string of the molecule is CCc1nncn1CCNC(=NCc1cccs1)NCC(C)(C)N1CCCCC1.I. The van der Waals surface area contributed by atoms with Crippen LogP contribution in [0.1, 0.15) is 50.7 Å². The van der Waals surface area contributed by atoms with Crippen LogP contribution >= 0.6 is 35.3 Å². The Balaban J connectivity index is 0.00000320. The van der Waals surface area contributed by atoms with E-state index in [2.05, 4.69) is 68.6 Å². The Hall–Kier alpha value is -1.20. The van der Waals surface area contributed by atoms with Crippen LogP contribution in [0.5, 0.6) is 0 Å². The van der Waals surface area contributed by atoms with E-state index in [1.807, 2.05) is 0 Å². The normalized spacial score (nSPS) is 15.6. The fourth-order valence-corrected chi connectivity index (χ4v) is 4.31. The molecule has 3 heterocycles. The third kappa shape index (κ3) is 7.49. The molecule has 2 aromatic heterocycles. The van der Waals surface area contributed by atoms with E-state index in [1.54, 1.807) is 17.7 Å². The molecule has 1 aliphatic rings. The zero-order valence-corrected chi connectivity index (χ0v) is 21.6. The van der Waals surface area contributed by atoms with Crippen LogP contribution in [0, 0.1) is 0 Å². The number of nitrogens with one attached hydrogen (secondary N) is 2. The van der Waals surface area contributed by atoms with Gasteiger partial charge in [-0.15, -0.1) is 45.5 Å². The fourth-order valence-electron chi connectivity index (χ4n) is 3.68. The zero-order valence-electron chi connectivity index (χ0n) is 18.4. The zero-order chi connectivity index (χ0) is 20.5. The lowest BCUT2D eigenvalue weighted by Gasteiger charge is -2.41. The van der Waals surface area contributed by atoms with E-state index < -0.39 is 0 Å². The molecule has 1 fully saturated rings. The first-order chi connectivity index (χ1) is 14.1. The van der Waals surface area contributed by atoms with Crippen molar-refractivity contribution in [2.24, 2.45) is 4.99 Å². The third-order valence-electron chi connectivity index (χ3n) is 5.53. The highest BCUT2D eigenvalue weighted by Gasteiger charge is 2.27. The molecule has 9 heteroatoms. The van der Waals surface area contributed by atoms with Gasteiger partial charge in [-0.25, -0.2) is 4.99 Å². The first-order valence-corrected chi connectivity index (χ1v) is 11.6. The molecular weight excluding hydrogens is 509 g/mol. The summed E-state index contributed by atoms with van der Waals surface area (Å²) in [6, 6.07) is 4.21. The minimum atomic E-state index is 0. The van der Waals surface area contributed by atoms with Crippen molar-refractivity contribution in [1.82, 2.24) is 30.3 Å². The highest BCUT2D eigenvalue weighted by atomic mass is 127. The van der Waals surface area contributed by atoms with Gasteiger partial charge >= 0.3 is 0 Å². The molecule has 2 aromatic rings. The smallest absolute Gasteiger partial charge is 0.191 e. The molecule has 0 bridgehead atoms. The lowest BCUT2D eigenvalue weighted by molar-refractivity contribution is 0.0982. The van der Waals surface area contributed by atoms with Gasteiger partial charge in [0.25, 0.3) is 0 Å². The highest BCUT2D eigenvalue weighted by molar-refractivity contribution is 14.0. The molecule has 0 amide bonds. The van der Waals surface area contributed by atoms with Crippen molar-refractivity contribution >= 4 is 41.3 Å². The van der Waals surface area contributed by atoms with E-state index >= 15 is 0 Å². The maximum atomic E-state index is 4.82. The summed E-state index contributed by atoms with van der Waals surface area (Å²) in [7, 11) is 0. The van der Waals surface area contributed by atoms with Gasteiger partial charge in [0.05, 0.1) is 6.54 Å². The maximum Gasteiger partial charge on any atom is 0.191 e. The molecule has 0 unspecified atom stereocenters. The molecular formula is C21H36IN7S. The third-order valence-corrected chi connectivity index (χ3v) is 6.39. The Morgan fingerprint density at radius 3 is 2.73 bits per heavy atom. The Morgan fingerprint density at radius 1 is 1.23 bits per heavy atom. The van der Waals surface area contributed by atoms with Gasteiger partial charge in [0.15, 0.2) is 5.96 Å². The van der Waals surface area contributed by atoms with Crippen molar-refractivity contribution in [2.45, 2.75) is 65.1 Å². The molecule has 0 spiro atoms. The van der Waals surface area contributed by atoms with E-state index in [4.69, 9.17) is 4.99 Å². The number of piperidine rings is 1. The van der Waals surface area contributed by atoms with Crippen LogP contribution in [0.25, 0.3) is 0 Å². The molecule has 30 heavy (non-hydrogen) atoms. The number of guanidine groups is 1. The quantitative estimate of drug-likeness (QED) is 0.287. The number of rotatable bonds is 9. The minimum Gasteiger partial charge on any atom is -0.355 e. The van der Waals surface area contributed by atoms with Crippen molar-refractivity contribution in [3.05, 3.63) is 34.5 Å². The van der Waals surface area contributed by atoms with E-state index in [1.165, 1.54) is 37.2 Å². The molecule has 168 valence electrons. The van der Waals surface area contributed by atoms with Crippen molar-refractivity contribution in [3.63, 3.8) is 0 Å². The van der Waals surface area contributed by atoms with Gasteiger partial charge in [-0.2, -0.15) is 0 Å².